The van der Waals surface area contributed by atoms with E-state index >= 15 is 0 Å². The molecule has 118 valence electrons. The normalized spacial score (nSPS) is 10.7. The van der Waals surface area contributed by atoms with Crippen molar-refractivity contribution >= 4 is 38.4 Å². The van der Waals surface area contributed by atoms with Crippen molar-refractivity contribution in [3.05, 3.63) is 52.8 Å². The number of carbonyl (C=O) groups is 1. The van der Waals surface area contributed by atoms with E-state index in [1.54, 1.807) is 4.68 Å². The van der Waals surface area contributed by atoms with Crippen molar-refractivity contribution < 1.29 is 13.9 Å². The third-order valence-corrected chi connectivity index (χ3v) is 3.74. The van der Waals surface area contributed by atoms with E-state index in [9.17, 15) is 9.18 Å². The van der Waals surface area contributed by atoms with Gasteiger partial charge in [-0.05, 0) is 42.5 Å². The number of hydrogen-bond donors (Lipinski definition) is 1. The van der Waals surface area contributed by atoms with Gasteiger partial charge < -0.3 is 10.1 Å². The number of nitrogens with zero attached hydrogens (tertiary/aromatic N) is 2. The SMILES string of the molecule is Cn1nc(OCC(=O)Nc2ccc(F)cc2)c2cc(Br)ccc21. The first-order chi connectivity index (χ1) is 11.0. The summed E-state index contributed by atoms with van der Waals surface area (Å²) >= 11 is 3.40. The molecule has 0 spiro atoms. The zero-order chi connectivity index (χ0) is 16.4. The van der Waals surface area contributed by atoms with Gasteiger partial charge in [0, 0.05) is 17.2 Å². The van der Waals surface area contributed by atoms with E-state index in [-0.39, 0.29) is 18.3 Å². The van der Waals surface area contributed by atoms with Gasteiger partial charge in [0.1, 0.15) is 5.82 Å². The Bertz CT molecular complexity index is 862. The predicted octanol–water partition coefficient (Wildman–Crippen LogP) is 3.49. The van der Waals surface area contributed by atoms with Gasteiger partial charge in [-0.1, -0.05) is 15.9 Å². The van der Waals surface area contributed by atoms with Gasteiger partial charge in [-0.25, -0.2) is 4.39 Å². The van der Waals surface area contributed by atoms with Crippen LogP contribution in [0.3, 0.4) is 0 Å². The monoisotopic (exact) mass is 377 g/mol. The summed E-state index contributed by atoms with van der Waals surface area (Å²) in [5, 5.41) is 7.71. The van der Waals surface area contributed by atoms with Crippen molar-refractivity contribution in [3.8, 4) is 5.88 Å². The van der Waals surface area contributed by atoms with Gasteiger partial charge in [0.15, 0.2) is 6.61 Å². The average molecular weight is 378 g/mol. The van der Waals surface area contributed by atoms with Crippen LogP contribution < -0.4 is 10.1 Å². The van der Waals surface area contributed by atoms with Crippen molar-refractivity contribution in [3.63, 3.8) is 0 Å². The summed E-state index contributed by atoms with van der Waals surface area (Å²) in [5.74, 6) is -0.312. The fourth-order valence-corrected chi connectivity index (χ4v) is 2.54. The molecule has 1 aromatic heterocycles. The highest BCUT2D eigenvalue weighted by molar-refractivity contribution is 9.10. The molecule has 7 heteroatoms. The molecule has 0 radical (unpaired) electrons. The second-order valence-electron chi connectivity index (χ2n) is 4.93. The van der Waals surface area contributed by atoms with Crippen LogP contribution in [0.25, 0.3) is 10.9 Å². The Morgan fingerprint density at radius 2 is 2.04 bits per heavy atom. The van der Waals surface area contributed by atoms with Crippen LogP contribution in [0.1, 0.15) is 0 Å². The highest BCUT2D eigenvalue weighted by Crippen LogP contribution is 2.27. The van der Waals surface area contributed by atoms with Gasteiger partial charge in [0.05, 0.1) is 10.9 Å². The molecule has 3 aromatic rings. The molecule has 23 heavy (non-hydrogen) atoms. The molecule has 2 aromatic carbocycles. The molecule has 1 amide bonds. The van der Waals surface area contributed by atoms with Crippen LogP contribution in [0, 0.1) is 5.82 Å². The third-order valence-electron chi connectivity index (χ3n) is 3.25. The van der Waals surface area contributed by atoms with Crippen molar-refractivity contribution in [2.45, 2.75) is 0 Å². The molecule has 0 atom stereocenters. The smallest absolute Gasteiger partial charge is 0.262 e. The second kappa shape index (κ2) is 6.37. The van der Waals surface area contributed by atoms with Crippen LogP contribution in [-0.4, -0.2) is 22.3 Å². The van der Waals surface area contributed by atoms with Gasteiger partial charge in [0.2, 0.25) is 5.88 Å². The summed E-state index contributed by atoms with van der Waals surface area (Å²) in [6.45, 7) is -0.185. The number of carbonyl (C=O) groups excluding carboxylic acids is 1. The largest absolute Gasteiger partial charge is 0.466 e. The standard InChI is InChI=1S/C16H13BrFN3O2/c1-21-14-7-2-10(17)8-13(14)16(20-21)23-9-15(22)19-12-5-3-11(18)4-6-12/h2-8H,9H2,1H3,(H,19,22). The molecule has 0 aliphatic carbocycles. The Morgan fingerprint density at radius 1 is 1.30 bits per heavy atom. The Kier molecular flexibility index (Phi) is 4.29. The van der Waals surface area contributed by atoms with E-state index in [1.807, 2.05) is 25.2 Å². The maximum atomic E-state index is 12.8. The number of anilines is 1. The topological polar surface area (TPSA) is 56.2 Å². The molecule has 3 rings (SSSR count). The van der Waals surface area contributed by atoms with Crippen LogP contribution in [0.2, 0.25) is 0 Å². The summed E-state index contributed by atoms with van der Waals surface area (Å²) in [6, 6.07) is 11.2. The van der Waals surface area contributed by atoms with Crippen molar-refractivity contribution in [1.82, 2.24) is 9.78 Å². The molecular formula is C16H13BrFN3O2. The molecule has 0 aliphatic heterocycles. The minimum Gasteiger partial charge on any atom is -0.466 e. The minimum atomic E-state index is -0.357. The Hall–Kier alpha value is -2.41. The zero-order valence-corrected chi connectivity index (χ0v) is 13.8. The van der Waals surface area contributed by atoms with Gasteiger partial charge in [0.25, 0.3) is 5.91 Å². The number of aromatic nitrogens is 2. The molecular weight excluding hydrogens is 365 g/mol. The van der Waals surface area contributed by atoms with E-state index in [0.29, 0.717) is 11.6 Å². The quantitative estimate of drug-likeness (QED) is 0.756. The van der Waals surface area contributed by atoms with Crippen LogP contribution >= 0.6 is 15.9 Å². The lowest BCUT2D eigenvalue weighted by Crippen LogP contribution is -2.20. The van der Waals surface area contributed by atoms with Crippen molar-refractivity contribution in [2.24, 2.45) is 7.05 Å². The lowest BCUT2D eigenvalue weighted by atomic mass is 10.2. The van der Waals surface area contributed by atoms with E-state index in [0.717, 1.165) is 15.4 Å². The van der Waals surface area contributed by atoms with E-state index in [4.69, 9.17) is 4.74 Å². The fourth-order valence-electron chi connectivity index (χ4n) is 2.18. The molecule has 0 saturated carbocycles. The number of rotatable bonds is 4. The maximum absolute atomic E-state index is 12.8. The van der Waals surface area contributed by atoms with E-state index in [1.165, 1.54) is 24.3 Å². The lowest BCUT2D eigenvalue weighted by Gasteiger charge is -2.06. The molecule has 0 unspecified atom stereocenters. The third kappa shape index (κ3) is 3.50. The van der Waals surface area contributed by atoms with Crippen LogP contribution in [0.15, 0.2) is 46.9 Å². The number of benzene rings is 2. The number of halogens is 2. The predicted molar refractivity (Wildman–Crippen MR) is 88.9 cm³/mol. The minimum absolute atomic E-state index is 0.185. The second-order valence-corrected chi connectivity index (χ2v) is 5.85. The average Bonchev–Trinajstić information content (AvgIpc) is 2.83. The number of aryl methyl sites for hydroxylation is 1. The van der Waals surface area contributed by atoms with Crippen LogP contribution in [0.5, 0.6) is 5.88 Å². The number of ether oxygens (including phenoxy) is 1. The van der Waals surface area contributed by atoms with Crippen LogP contribution in [-0.2, 0) is 11.8 Å². The lowest BCUT2D eigenvalue weighted by molar-refractivity contribution is -0.118. The Morgan fingerprint density at radius 3 is 2.78 bits per heavy atom. The van der Waals surface area contributed by atoms with Gasteiger partial charge in [-0.3, -0.25) is 9.48 Å². The zero-order valence-electron chi connectivity index (χ0n) is 12.2. The maximum Gasteiger partial charge on any atom is 0.262 e. The summed E-state index contributed by atoms with van der Waals surface area (Å²) < 4.78 is 20.9. The number of amides is 1. The first-order valence-corrected chi connectivity index (χ1v) is 7.63. The summed E-state index contributed by atoms with van der Waals surface area (Å²) in [7, 11) is 1.81. The van der Waals surface area contributed by atoms with Crippen LogP contribution in [0.4, 0.5) is 10.1 Å². The number of hydrogen-bond acceptors (Lipinski definition) is 3. The Labute approximate surface area is 140 Å². The first-order valence-electron chi connectivity index (χ1n) is 6.83. The Balaban J connectivity index is 1.69. The van der Waals surface area contributed by atoms with Gasteiger partial charge >= 0.3 is 0 Å². The fraction of sp³-hybridized carbons (Fsp3) is 0.125. The first kappa shape index (κ1) is 15.5. The highest BCUT2D eigenvalue weighted by Gasteiger charge is 2.12. The number of fused-ring (bicyclic) bond motifs is 1. The van der Waals surface area contributed by atoms with E-state index in [2.05, 4.69) is 26.3 Å². The van der Waals surface area contributed by atoms with Gasteiger partial charge in [-0.2, -0.15) is 0 Å². The molecule has 5 nitrogen and oxygen atoms in total. The highest BCUT2D eigenvalue weighted by atomic mass is 79.9. The summed E-state index contributed by atoms with van der Waals surface area (Å²) in [5.41, 5.74) is 1.41. The number of nitrogens with one attached hydrogen (secondary N) is 1. The molecule has 0 bridgehead atoms. The molecule has 1 N–H and O–H groups in total. The molecule has 1 heterocycles. The molecule has 0 saturated heterocycles. The van der Waals surface area contributed by atoms with E-state index < -0.39 is 0 Å². The van der Waals surface area contributed by atoms with Crippen molar-refractivity contribution in [2.75, 3.05) is 11.9 Å². The molecule has 0 fully saturated rings. The summed E-state index contributed by atoms with van der Waals surface area (Å²) in [4.78, 5) is 11.9. The van der Waals surface area contributed by atoms with Gasteiger partial charge in [-0.15, -0.1) is 5.10 Å². The van der Waals surface area contributed by atoms with Crippen molar-refractivity contribution in [1.29, 1.82) is 0 Å². The summed E-state index contributed by atoms with van der Waals surface area (Å²) in [6.07, 6.45) is 0. The molecule has 0 aliphatic rings.